The van der Waals surface area contributed by atoms with Gasteiger partial charge in [-0.15, -0.1) is 0 Å². The summed E-state index contributed by atoms with van der Waals surface area (Å²) in [6.07, 6.45) is 3.22. The number of carbonyl (C=O) groups is 2. The van der Waals surface area contributed by atoms with E-state index in [1.54, 1.807) is 6.92 Å². The zero-order valence-electron chi connectivity index (χ0n) is 10.1. The minimum absolute atomic E-state index is 0.154. The molecule has 0 aliphatic heterocycles. The van der Waals surface area contributed by atoms with Crippen molar-refractivity contribution < 1.29 is 14.3 Å². The van der Waals surface area contributed by atoms with E-state index < -0.39 is 5.41 Å². The first-order valence-electron chi connectivity index (χ1n) is 6.00. The molecule has 1 rings (SSSR count). The van der Waals surface area contributed by atoms with Crippen LogP contribution in [0.15, 0.2) is 0 Å². The number of hydrogen-bond acceptors (Lipinski definition) is 4. The molecule has 0 atom stereocenters. The minimum Gasteiger partial charge on any atom is -0.466 e. The molecule has 5 nitrogen and oxygen atoms in total. The third kappa shape index (κ3) is 3.45. The van der Waals surface area contributed by atoms with E-state index in [1.165, 1.54) is 0 Å². The van der Waals surface area contributed by atoms with Crippen LogP contribution < -0.4 is 5.32 Å². The van der Waals surface area contributed by atoms with Gasteiger partial charge in [-0.2, -0.15) is 5.26 Å². The van der Waals surface area contributed by atoms with Crippen LogP contribution in [0.1, 0.15) is 39.0 Å². The molecular formula is C12H18N2O3. The van der Waals surface area contributed by atoms with Crippen molar-refractivity contribution in [2.75, 3.05) is 13.2 Å². The minimum atomic E-state index is -0.866. The molecule has 0 bridgehead atoms. The van der Waals surface area contributed by atoms with Crippen LogP contribution in [0.4, 0.5) is 0 Å². The highest BCUT2D eigenvalue weighted by molar-refractivity contribution is 5.86. The van der Waals surface area contributed by atoms with Gasteiger partial charge in [0.1, 0.15) is 5.41 Å². The molecule has 1 aliphatic carbocycles. The van der Waals surface area contributed by atoms with Gasteiger partial charge in [-0.3, -0.25) is 9.59 Å². The monoisotopic (exact) mass is 238 g/mol. The molecule has 0 aromatic rings. The zero-order valence-corrected chi connectivity index (χ0v) is 10.1. The lowest BCUT2D eigenvalue weighted by Crippen LogP contribution is -2.39. The number of amides is 1. The Labute approximate surface area is 101 Å². The zero-order chi connectivity index (χ0) is 12.7. The molecule has 1 N–H and O–H groups in total. The lowest BCUT2D eigenvalue weighted by Gasteiger charge is -2.18. The summed E-state index contributed by atoms with van der Waals surface area (Å²) in [5.41, 5.74) is -0.866. The first kappa shape index (κ1) is 13.5. The Bertz CT molecular complexity index is 327. The van der Waals surface area contributed by atoms with Crippen LogP contribution in [0.3, 0.4) is 0 Å². The number of carbonyl (C=O) groups excluding carboxylic acids is 2. The molecule has 94 valence electrons. The summed E-state index contributed by atoms with van der Waals surface area (Å²) in [7, 11) is 0. The van der Waals surface area contributed by atoms with Gasteiger partial charge in [0.05, 0.1) is 19.1 Å². The Kier molecular flexibility index (Phi) is 4.95. The van der Waals surface area contributed by atoms with E-state index in [2.05, 4.69) is 11.4 Å². The van der Waals surface area contributed by atoms with Crippen molar-refractivity contribution >= 4 is 11.9 Å². The topological polar surface area (TPSA) is 79.2 Å². The van der Waals surface area contributed by atoms with Crippen LogP contribution in [-0.2, 0) is 14.3 Å². The predicted molar refractivity (Wildman–Crippen MR) is 60.8 cm³/mol. The summed E-state index contributed by atoms with van der Waals surface area (Å²) in [6.45, 7) is 2.32. The largest absolute Gasteiger partial charge is 0.466 e. The van der Waals surface area contributed by atoms with Crippen molar-refractivity contribution in [1.29, 1.82) is 5.26 Å². The summed E-state index contributed by atoms with van der Waals surface area (Å²) >= 11 is 0. The molecule has 0 aromatic carbocycles. The van der Waals surface area contributed by atoms with Gasteiger partial charge in [0, 0.05) is 6.54 Å². The van der Waals surface area contributed by atoms with Crippen molar-refractivity contribution in [2.24, 2.45) is 5.41 Å². The van der Waals surface area contributed by atoms with Gasteiger partial charge >= 0.3 is 5.97 Å². The Morgan fingerprint density at radius 2 is 2.06 bits per heavy atom. The second-order valence-corrected chi connectivity index (χ2v) is 4.21. The first-order valence-corrected chi connectivity index (χ1v) is 6.00. The molecule has 0 saturated heterocycles. The summed E-state index contributed by atoms with van der Waals surface area (Å²) in [5.74, 6) is -0.577. The molecule has 0 heterocycles. The summed E-state index contributed by atoms with van der Waals surface area (Å²) in [6, 6.07) is 2.11. The van der Waals surface area contributed by atoms with E-state index in [4.69, 9.17) is 10.00 Å². The molecule has 0 radical (unpaired) electrons. The number of esters is 1. The van der Waals surface area contributed by atoms with E-state index in [-0.39, 0.29) is 24.8 Å². The predicted octanol–water partition coefficient (Wildman–Crippen LogP) is 1.14. The van der Waals surface area contributed by atoms with Crippen LogP contribution in [0.25, 0.3) is 0 Å². The number of nitrogens with zero attached hydrogens (tertiary/aromatic N) is 1. The van der Waals surface area contributed by atoms with Crippen LogP contribution >= 0.6 is 0 Å². The maximum Gasteiger partial charge on any atom is 0.307 e. The highest BCUT2D eigenvalue weighted by Gasteiger charge is 2.41. The Morgan fingerprint density at radius 3 is 2.59 bits per heavy atom. The summed E-state index contributed by atoms with van der Waals surface area (Å²) < 4.78 is 4.75. The van der Waals surface area contributed by atoms with Crippen molar-refractivity contribution in [3.05, 3.63) is 0 Å². The normalized spacial score (nSPS) is 17.2. The molecule has 0 spiro atoms. The van der Waals surface area contributed by atoms with Crippen LogP contribution in [0.5, 0.6) is 0 Å². The van der Waals surface area contributed by atoms with Crippen LogP contribution in [0.2, 0.25) is 0 Å². The molecular weight excluding hydrogens is 220 g/mol. The third-order valence-electron chi connectivity index (χ3n) is 3.03. The standard InChI is InChI=1S/C12H18N2O3/c1-2-17-10(15)5-8-14-11(16)12(9-13)6-3-4-7-12/h2-8H2,1H3,(H,14,16). The van der Waals surface area contributed by atoms with Gasteiger partial charge in [-0.1, -0.05) is 12.8 Å². The van der Waals surface area contributed by atoms with Crippen LogP contribution in [-0.4, -0.2) is 25.0 Å². The van der Waals surface area contributed by atoms with Gasteiger partial charge in [0.15, 0.2) is 0 Å². The Hall–Kier alpha value is -1.57. The average molecular weight is 238 g/mol. The fourth-order valence-electron chi connectivity index (χ4n) is 2.05. The second kappa shape index (κ2) is 6.24. The lowest BCUT2D eigenvalue weighted by atomic mass is 9.87. The molecule has 17 heavy (non-hydrogen) atoms. The smallest absolute Gasteiger partial charge is 0.307 e. The fourth-order valence-corrected chi connectivity index (χ4v) is 2.05. The second-order valence-electron chi connectivity index (χ2n) is 4.21. The van der Waals surface area contributed by atoms with Crippen molar-refractivity contribution in [2.45, 2.75) is 39.0 Å². The summed E-state index contributed by atoms with van der Waals surface area (Å²) in [5, 5.41) is 11.7. The van der Waals surface area contributed by atoms with E-state index >= 15 is 0 Å². The number of ether oxygens (including phenoxy) is 1. The van der Waals surface area contributed by atoms with Crippen LogP contribution in [0, 0.1) is 16.7 Å². The highest BCUT2D eigenvalue weighted by atomic mass is 16.5. The van der Waals surface area contributed by atoms with Crippen molar-refractivity contribution in [3.63, 3.8) is 0 Å². The summed E-state index contributed by atoms with van der Waals surface area (Å²) in [4.78, 5) is 22.9. The van der Waals surface area contributed by atoms with Crippen molar-refractivity contribution in [3.8, 4) is 6.07 Å². The fraction of sp³-hybridized carbons (Fsp3) is 0.750. The SMILES string of the molecule is CCOC(=O)CCNC(=O)C1(C#N)CCCC1. The van der Waals surface area contributed by atoms with Gasteiger partial charge in [0.2, 0.25) is 5.91 Å². The molecule has 5 heteroatoms. The van der Waals surface area contributed by atoms with E-state index in [1.807, 2.05) is 0 Å². The van der Waals surface area contributed by atoms with Gasteiger partial charge in [-0.05, 0) is 19.8 Å². The maximum absolute atomic E-state index is 11.9. The van der Waals surface area contributed by atoms with E-state index in [0.717, 1.165) is 12.8 Å². The van der Waals surface area contributed by atoms with Gasteiger partial charge in [0.25, 0.3) is 0 Å². The number of nitriles is 1. The van der Waals surface area contributed by atoms with Gasteiger partial charge < -0.3 is 10.1 Å². The Morgan fingerprint density at radius 1 is 1.41 bits per heavy atom. The average Bonchev–Trinajstić information content (AvgIpc) is 2.79. The van der Waals surface area contributed by atoms with Gasteiger partial charge in [-0.25, -0.2) is 0 Å². The first-order chi connectivity index (χ1) is 8.14. The molecule has 0 aromatic heterocycles. The number of rotatable bonds is 5. The molecule has 1 fully saturated rings. The molecule has 0 unspecified atom stereocenters. The highest BCUT2D eigenvalue weighted by Crippen LogP contribution is 2.37. The number of hydrogen-bond donors (Lipinski definition) is 1. The number of nitrogens with one attached hydrogen (secondary N) is 1. The molecule has 1 aliphatic rings. The lowest BCUT2D eigenvalue weighted by molar-refractivity contribution is -0.143. The third-order valence-corrected chi connectivity index (χ3v) is 3.03. The molecule has 1 amide bonds. The van der Waals surface area contributed by atoms with Crippen molar-refractivity contribution in [1.82, 2.24) is 5.32 Å². The Balaban J connectivity index is 2.34. The molecule has 1 saturated carbocycles. The van der Waals surface area contributed by atoms with E-state index in [9.17, 15) is 9.59 Å². The van der Waals surface area contributed by atoms with E-state index in [0.29, 0.717) is 19.4 Å². The maximum atomic E-state index is 11.9. The quantitative estimate of drug-likeness (QED) is 0.728.